The summed E-state index contributed by atoms with van der Waals surface area (Å²) < 4.78 is 48.2. The first-order valence-electron chi connectivity index (χ1n) is 8.93. The maximum Gasteiger partial charge on any atom is 0.341 e. The van der Waals surface area contributed by atoms with Gasteiger partial charge in [0.2, 0.25) is 15.7 Å². The van der Waals surface area contributed by atoms with Crippen LogP contribution in [0.1, 0.15) is 24.5 Å². The van der Waals surface area contributed by atoms with Gasteiger partial charge < -0.3 is 5.32 Å². The number of rotatable bonds is 9. The van der Waals surface area contributed by atoms with E-state index in [2.05, 4.69) is 5.32 Å². The van der Waals surface area contributed by atoms with Crippen LogP contribution in [-0.4, -0.2) is 38.1 Å². The van der Waals surface area contributed by atoms with Crippen LogP contribution < -0.4 is 5.32 Å². The molecule has 0 saturated heterocycles. The summed E-state index contributed by atoms with van der Waals surface area (Å²) in [5.74, 6) is -3.60. The SMILES string of the molecule is CCCN(CC(=O)Nc1ccccc1C)Cc1ccc(S(=O)(=O)C(F)F)cc1. The predicted octanol–water partition coefficient (Wildman–Crippen LogP) is 3.84. The molecule has 152 valence electrons. The lowest BCUT2D eigenvalue weighted by atomic mass is 10.2. The molecule has 8 heteroatoms. The molecule has 0 fully saturated rings. The van der Waals surface area contributed by atoms with Gasteiger partial charge in [-0.3, -0.25) is 9.69 Å². The van der Waals surface area contributed by atoms with Gasteiger partial charge >= 0.3 is 5.76 Å². The summed E-state index contributed by atoms with van der Waals surface area (Å²) in [6.07, 6.45) is 0.829. The molecule has 5 nitrogen and oxygen atoms in total. The summed E-state index contributed by atoms with van der Waals surface area (Å²) >= 11 is 0. The van der Waals surface area contributed by atoms with Crippen molar-refractivity contribution in [2.75, 3.05) is 18.4 Å². The molecule has 1 N–H and O–H groups in total. The minimum atomic E-state index is -4.60. The number of para-hydroxylation sites is 1. The monoisotopic (exact) mass is 410 g/mol. The molecular formula is C20H24F2N2O3S. The number of carbonyl (C=O) groups excluding carboxylic acids is 1. The Bertz CT molecular complexity index is 900. The van der Waals surface area contributed by atoms with Crippen LogP contribution in [0, 0.1) is 6.92 Å². The lowest BCUT2D eigenvalue weighted by molar-refractivity contribution is -0.117. The van der Waals surface area contributed by atoms with Crippen LogP contribution in [-0.2, 0) is 21.2 Å². The summed E-state index contributed by atoms with van der Waals surface area (Å²) in [5.41, 5.74) is 2.46. The molecule has 0 aliphatic carbocycles. The van der Waals surface area contributed by atoms with Crippen LogP contribution in [0.25, 0.3) is 0 Å². The number of hydrogen-bond acceptors (Lipinski definition) is 4. The number of hydrogen-bond donors (Lipinski definition) is 1. The highest BCUT2D eigenvalue weighted by molar-refractivity contribution is 7.91. The highest BCUT2D eigenvalue weighted by atomic mass is 32.2. The fourth-order valence-electron chi connectivity index (χ4n) is 2.78. The van der Waals surface area contributed by atoms with E-state index in [1.807, 2.05) is 43.0 Å². The molecule has 2 rings (SSSR count). The lowest BCUT2D eigenvalue weighted by Crippen LogP contribution is -2.33. The molecule has 28 heavy (non-hydrogen) atoms. The van der Waals surface area contributed by atoms with Gasteiger partial charge in [-0.25, -0.2) is 8.42 Å². The maximum absolute atomic E-state index is 12.6. The van der Waals surface area contributed by atoms with Gasteiger partial charge in [-0.05, 0) is 49.2 Å². The molecule has 0 saturated carbocycles. The minimum absolute atomic E-state index is 0.153. The third-order valence-corrected chi connectivity index (χ3v) is 5.62. The molecule has 2 aromatic rings. The fraction of sp³-hybridized carbons (Fsp3) is 0.350. The summed E-state index contributed by atoms with van der Waals surface area (Å²) in [6, 6.07) is 12.8. The van der Waals surface area contributed by atoms with E-state index in [4.69, 9.17) is 0 Å². The second kappa shape index (κ2) is 9.75. The van der Waals surface area contributed by atoms with E-state index >= 15 is 0 Å². The number of nitrogens with zero attached hydrogens (tertiary/aromatic N) is 1. The van der Waals surface area contributed by atoms with Crippen molar-refractivity contribution in [3.8, 4) is 0 Å². The van der Waals surface area contributed by atoms with Gasteiger partial charge in [-0.15, -0.1) is 0 Å². The summed E-state index contributed by atoms with van der Waals surface area (Å²) in [4.78, 5) is 13.9. The van der Waals surface area contributed by atoms with Crippen molar-refractivity contribution >= 4 is 21.4 Å². The number of anilines is 1. The molecule has 0 aromatic heterocycles. The Labute approximate surface area is 164 Å². The Kier molecular flexibility index (Phi) is 7.65. The molecule has 0 heterocycles. The largest absolute Gasteiger partial charge is 0.341 e. The summed E-state index contributed by atoms with van der Waals surface area (Å²) in [6.45, 7) is 5.14. The van der Waals surface area contributed by atoms with E-state index < -0.39 is 20.5 Å². The molecule has 1 amide bonds. The van der Waals surface area contributed by atoms with Gasteiger partial charge in [-0.2, -0.15) is 8.78 Å². The Balaban J connectivity index is 2.04. The molecule has 0 bridgehead atoms. The zero-order valence-electron chi connectivity index (χ0n) is 15.9. The topological polar surface area (TPSA) is 66.5 Å². The zero-order valence-corrected chi connectivity index (χ0v) is 16.7. The molecule has 0 radical (unpaired) electrons. The fourth-order valence-corrected chi connectivity index (χ4v) is 3.50. The molecule has 0 spiro atoms. The second-order valence-corrected chi connectivity index (χ2v) is 8.44. The molecule has 2 aromatic carbocycles. The first-order chi connectivity index (χ1) is 13.2. The van der Waals surface area contributed by atoms with Crippen molar-refractivity contribution in [2.24, 2.45) is 0 Å². The van der Waals surface area contributed by atoms with Crippen molar-refractivity contribution in [2.45, 2.75) is 37.5 Å². The number of sulfone groups is 1. The average molecular weight is 410 g/mol. The van der Waals surface area contributed by atoms with Crippen LogP contribution >= 0.6 is 0 Å². The second-order valence-electron chi connectivity index (χ2n) is 6.52. The molecule has 0 unspecified atom stereocenters. The number of alkyl halides is 2. The van der Waals surface area contributed by atoms with Gasteiger partial charge in [0.1, 0.15) is 0 Å². The first kappa shape index (κ1) is 22.0. The number of aryl methyl sites for hydroxylation is 1. The summed E-state index contributed by atoms with van der Waals surface area (Å²) in [5, 5.41) is 2.88. The number of amides is 1. The number of benzene rings is 2. The average Bonchev–Trinajstić information content (AvgIpc) is 2.64. The van der Waals surface area contributed by atoms with E-state index in [1.165, 1.54) is 24.3 Å². The van der Waals surface area contributed by atoms with Crippen LogP contribution in [0.2, 0.25) is 0 Å². The van der Waals surface area contributed by atoms with Crippen LogP contribution in [0.3, 0.4) is 0 Å². The highest BCUT2D eigenvalue weighted by Crippen LogP contribution is 2.19. The number of carbonyl (C=O) groups is 1. The third-order valence-electron chi connectivity index (χ3n) is 4.22. The number of halogens is 2. The van der Waals surface area contributed by atoms with Gasteiger partial charge in [0, 0.05) is 12.2 Å². The van der Waals surface area contributed by atoms with Crippen LogP contribution in [0.5, 0.6) is 0 Å². The molecular weight excluding hydrogens is 386 g/mol. The van der Waals surface area contributed by atoms with Crippen LogP contribution in [0.15, 0.2) is 53.4 Å². The van der Waals surface area contributed by atoms with Crippen molar-refractivity contribution in [3.05, 3.63) is 59.7 Å². The molecule has 0 aliphatic rings. The van der Waals surface area contributed by atoms with E-state index in [0.717, 1.165) is 23.2 Å². The van der Waals surface area contributed by atoms with Crippen molar-refractivity contribution < 1.29 is 22.0 Å². The number of nitrogens with one attached hydrogen (secondary N) is 1. The molecule has 0 aliphatic heterocycles. The van der Waals surface area contributed by atoms with E-state index in [0.29, 0.717) is 13.1 Å². The highest BCUT2D eigenvalue weighted by Gasteiger charge is 2.26. The normalized spacial score (nSPS) is 11.8. The minimum Gasteiger partial charge on any atom is -0.325 e. The van der Waals surface area contributed by atoms with Gasteiger partial charge in [0.15, 0.2) is 0 Å². The van der Waals surface area contributed by atoms with Gasteiger partial charge in [-0.1, -0.05) is 37.3 Å². The van der Waals surface area contributed by atoms with Crippen LogP contribution in [0.4, 0.5) is 14.5 Å². The summed E-state index contributed by atoms with van der Waals surface area (Å²) in [7, 11) is -4.60. The predicted molar refractivity (Wildman–Crippen MR) is 105 cm³/mol. The smallest absolute Gasteiger partial charge is 0.325 e. The zero-order chi connectivity index (χ0) is 20.7. The Hall–Kier alpha value is -2.32. The Morgan fingerprint density at radius 1 is 1.11 bits per heavy atom. The van der Waals surface area contributed by atoms with E-state index in [1.54, 1.807) is 0 Å². The van der Waals surface area contributed by atoms with E-state index in [-0.39, 0.29) is 12.5 Å². The Morgan fingerprint density at radius 3 is 2.32 bits per heavy atom. The standard InChI is InChI=1S/C20H24F2N2O3S/c1-3-12-24(14-19(25)23-18-7-5-4-6-15(18)2)13-16-8-10-17(11-9-16)28(26,27)20(21)22/h4-11,20H,3,12-14H2,1-2H3,(H,23,25). The quantitative estimate of drug-likeness (QED) is 0.682. The third kappa shape index (κ3) is 5.84. The van der Waals surface area contributed by atoms with Crippen molar-refractivity contribution in [1.29, 1.82) is 0 Å². The van der Waals surface area contributed by atoms with Crippen molar-refractivity contribution in [1.82, 2.24) is 4.90 Å². The Morgan fingerprint density at radius 2 is 1.75 bits per heavy atom. The van der Waals surface area contributed by atoms with Crippen molar-refractivity contribution in [3.63, 3.8) is 0 Å². The van der Waals surface area contributed by atoms with Gasteiger partial charge in [0.05, 0.1) is 11.4 Å². The lowest BCUT2D eigenvalue weighted by Gasteiger charge is -2.21. The van der Waals surface area contributed by atoms with E-state index in [9.17, 15) is 22.0 Å². The van der Waals surface area contributed by atoms with Gasteiger partial charge in [0.25, 0.3) is 0 Å². The first-order valence-corrected chi connectivity index (χ1v) is 10.5. The molecule has 0 atom stereocenters. The maximum atomic E-state index is 12.6.